The summed E-state index contributed by atoms with van der Waals surface area (Å²) < 4.78 is 0. The van der Waals surface area contributed by atoms with Gasteiger partial charge in [-0.2, -0.15) is 0 Å². The smallest absolute Gasteiger partial charge is 0.317 e. The normalized spacial score (nSPS) is 18.0. The molecule has 1 N–H and O–H groups in total. The minimum absolute atomic E-state index is 0.00715. The van der Waals surface area contributed by atoms with Gasteiger partial charge in [0, 0.05) is 45.2 Å². The van der Waals surface area contributed by atoms with Crippen LogP contribution in [-0.4, -0.2) is 55.5 Å². The summed E-state index contributed by atoms with van der Waals surface area (Å²) in [7, 11) is 3.51. The summed E-state index contributed by atoms with van der Waals surface area (Å²) >= 11 is 0. The van der Waals surface area contributed by atoms with Gasteiger partial charge in [0.15, 0.2) is 0 Å². The molecule has 1 aromatic rings. The van der Waals surface area contributed by atoms with E-state index in [1.54, 1.807) is 19.0 Å². The lowest BCUT2D eigenvalue weighted by atomic mass is 9.89. The van der Waals surface area contributed by atoms with Crippen LogP contribution in [0.3, 0.4) is 0 Å². The van der Waals surface area contributed by atoms with Crippen LogP contribution in [0.2, 0.25) is 0 Å². The quantitative estimate of drug-likeness (QED) is 0.931. The number of carbonyl (C=O) groups excluding carboxylic acids is 2. The maximum Gasteiger partial charge on any atom is 0.317 e. The first-order chi connectivity index (χ1) is 10.5. The number of urea groups is 1. The molecule has 0 bridgehead atoms. The summed E-state index contributed by atoms with van der Waals surface area (Å²) in [5.41, 5.74) is 1.85. The second-order valence-electron chi connectivity index (χ2n) is 5.95. The Morgan fingerprint density at radius 2 is 2.14 bits per heavy atom. The third-order valence-corrected chi connectivity index (χ3v) is 4.05. The number of benzene rings is 1. The highest BCUT2D eigenvalue weighted by Crippen LogP contribution is 2.27. The van der Waals surface area contributed by atoms with E-state index in [0.29, 0.717) is 24.6 Å². The Morgan fingerprint density at radius 3 is 2.82 bits per heavy atom. The second kappa shape index (κ2) is 7.29. The summed E-state index contributed by atoms with van der Waals surface area (Å²) in [5, 5.41) is 2.86. The van der Waals surface area contributed by atoms with Crippen LogP contribution in [0, 0.1) is 0 Å². The first kappa shape index (κ1) is 16.3. The number of carbonyl (C=O) groups is 2. The first-order valence-corrected chi connectivity index (χ1v) is 7.87. The molecule has 1 atom stereocenters. The molecule has 1 heterocycles. The third kappa shape index (κ3) is 3.78. The van der Waals surface area contributed by atoms with Crippen LogP contribution in [0.15, 0.2) is 24.3 Å². The number of hydrogen-bond donors (Lipinski definition) is 1. The minimum Gasteiger partial charge on any atom is -0.345 e. The van der Waals surface area contributed by atoms with E-state index in [4.69, 9.17) is 0 Å². The summed E-state index contributed by atoms with van der Waals surface area (Å²) in [6.07, 6.45) is 2.04. The molecule has 0 aliphatic carbocycles. The molecule has 3 amide bonds. The van der Waals surface area contributed by atoms with E-state index in [1.165, 1.54) is 0 Å². The summed E-state index contributed by atoms with van der Waals surface area (Å²) in [4.78, 5) is 27.5. The lowest BCUT2D eigenvalue weighted by Gasteiger charge is -2.33. The lowest BCUT2D eigenvalue weighted by molar-refractivity contribution is 0.0827. The third-order valence-electron chi connectivity index (χ3n) is 4.05. The minimum atomic E-state index is 0.00715. The van der Waals surface area contributed by atoms with Gasteiger partial charge in [0.1, 0.15) is 0 Å². The van der Waals surface area contributed by atoms with Gasteiger partial charge in [-0.05, 0) is 37.5 Å². The molecular formula is C17H25N3O2. The SMILES string of the molecule is CCNC(=O)N1CCC[C@H](c2cccc(C(=O)N(C)C)c2)C1. The molecule has 0 aromatic heterocycles. The molecule has 1 fully saturated rings. The van der Waals surface area contributed by atoms with Crippen molar-refractivity contribution in [2.24, 2.45) is 0 Å². The first-order valence-electron chi connectivity index (χ1n) is 7.87. The zero-order valence-electron chi connectivity index (χ0n) is 13.6. The average Bonchev–Trinajstić information content (AvgIpc) is 2.54. The number of amides is 3. The van der Waals surface area contributed by atoms with Gasteiger partial charge < -0.3 is 15.1 Å². The highest BCUT2D eigenvalue weighted by molar-refractivity contribution is 5.94. The van der Waals surface area contributed by atoms with Crippen LogP contribution < -0.4 is 5.32 Å². The monoisotopic (exact) mass is 303 g/mol. The van der Waals surface area contributed by atoms with Crippen molar-refractivity contribution >= 4 is 11.9 Å². The highest BCUT2D eigenvalue weighted by Gasteiger charge is 2.25. The molecule has 0 radical (unpaired) electrons. The largest absolute Gasteiger partial charge is 0.345 e. The Labute approximate surface area is 132 Å². The van der Waals surface area contributed by atoms with Gasteiger partial charge in [0.2, 0.25) is 0 Å². The van der Waals surface area contributed by atoms with Crippen molar-refractivity contribution in [3.8, 4) is 0 Å². The Morgan fingerprint density at radius 1 is 1.36 bits per heavy atom. The lowest BCUT2D eigenvalue weighted by Crippen LogP contribution is -2.44. The van der Waals surface area contributed by atoms with Gasteiger partial charge in [0.05, 0.1) is 0 Å². The van der Waals surface area contributed by atoms with E-state index in [2.05, 4.69) is 11.4 Å². The van der Waals surface area contributed by atoms with Crippen molar-refractivity contribution in [3.63, 3.8) is 0 Å². The van der Waals surface area contributed by atoms with Crippen LogP contribution in [0.25, 0.3) is 0 Å². The predicted molar refractivity (Wildman–Crippen MR) is 87.1 cm³/mol. The molecule has 5 heteroatoms. The molecule has 0 unspecified atom stereocenters. The maximum atomic E-state index is 12.1. The summed E-state index contributed by atoms with van der Waals surface area (Å²) in [6, 6.07) is 7.80. The van der Waals surface area contributed by atoms with E-state index < -0.39 is 0 Å². The van der Waals surface area contributed by atoms with Crippen molar-refractivity contribution in [1.82, 2.24) is 15.1 Å². The zero-order valence-corrected chi connectivity index (χ0v) is 13.6. The Bertz CT molecular complexity index is 542. The molecule has 0 spiro atoms. The van der Waals surface area contributed by atoms with Crippen molar-refractivity contribution in [2.75, 3.05) is 33.7 Å². The number of piperidine rings is 1. The number of rotatable bonds is 3. The van der Waals surface area contributed by atoms with Crippen molar-refractivity contribution in [1.29, 1.82) is 0 Å². The zero-order chi connectivity index (χ0) is 16.1. The molecule has 1 aromatic carbocycles. The fourth-order valence-electron chi connectivity index (χ4n) is 2.88. The number of hydrogen-bond acceptors (Lipinski definition) is 2. The number of nitrogens with one attached hydrogen (secondary N) is 1. The molecular weight excluding hydrogens is 278 g/mol. The van der Waals surface area contributed by atoms with E-state index in [-0.39, 0.29) is 11.9 Å². The van der Waals surface area contributed by atoms with E-state index >= 15 is 0 Å². The molecule has 1 saturated heterocycles. The molecule has 2 rings (SSSR count). The predicted octanol–water partition coefficient (Wildman–Crippen LogP) is 2.30. The van der Waals surface area contributed by atoms with E-state index in [9.17, 15) is 9.59 Å². The number of nitrogens with zero attached hydrogens (tertiary/aromatic N) is 2. The van der Waals surface area contributed by atoms with Gasteiger partial charge >= 0.3 is 6.03 Å². The fourth-order valence-corrected chi connectivity index (χ4v) is 2.88. The second-order valence-corrected chi connectivity index (χ2v) is 5.95. The molecule has 5 nitrogen and oxygen atoms in total. The van der Waals surface area contributed by atoms with Crippen molar-refractivity contribution in [3.05, 3.63) is 35.4 Å². The Kier molecular flexibility index (Phi) is 5.41. The molecule has 0 saturated carbocycles. The molecule has 1 aliphatic rings. The molecule has 22 heavy (non-hydrogen) atoms. The van der Waals surface area contributed by atoms with Crippen LogP contribution >= 0.6 is 0 Å². The fraction of sp³-hybridized carbons (Fsp3) is 0.529. The van der Waals surface area contributed by atoms with Crippen molar-refractivity contribution in [2.45, 2.75) is 25.7 Å². The standard InChI is InChI=1S/C17H25N3O2/c1-4-18-17(22)20-10-6-9-15(12-20)13-7-5-8-14(11-13)16(21)19(2)3/h5,7-8,11,15H,4,6,9-10,12H2,1-3H3,(H,18,22)/t15-/m0/s1. The van der Waals surface area contributed by atoms with Gasteiger partial charge in [-0.15, -0.1) is 0 Å². The van der Waals surface area contributed by atoms with Crippen LogP contribution in [-0.2, 0) is 0 Å². The van der Waals surface area contributed by atoms with Gasteiger partial charge in [-0.1, -0.05) is 12.1 Å². The van der Waals surface area contributed by atoms with Crippen LogP contribution in [0.5, 0.6) is 0 Å². The van der Waals surface area contributed by atoms with Crippen molar-refractivity contribution < 1.29 is 9.59 Å². The Hall–Kier alpha value is -2.04. The van der Waals surface area contributed by atoms with Gasteiger partial charge in [-0.3, -0.25) is 4.79 Å². The van der Waals surface area contributed by atoms with Crippen LogP contribution in [0.1, 0.15) is 41.6 Å². The molecule has 120 valence electrons. The summed E-state index contributed by atoms with van der Waals surface area (Å²) in [6.45, 7) is 4.09. The average molecular weight is 303 g/mol. The number of likely N-dealkylation sites (tertiary alicyclic amines) is 1. The van der Waals surface area contributed by atoms with E-state index in [1.807, 2.05) is 30.0 Å². The van der Waals surface area contributed by atoms with Gasteiger partial charge in [-0.25, -0.2) is 4.79 Å². The topological polar surface area (TPSA) is 52.7 Å². The Balaban J connectivity index is 2.12. The maximum absolute atomic E-state index is 12.1. The van der Waals surface area contributed by atoms with Gasteiger partial charge in [0.25, 0.3) is 5.91 Å². The molecule has 1 aliphatic heterocycles. The van der Waals surface area contributed by atoms with Crippen LogP contribution in [0.4, 0.5) is 4.79 Å². The highest BCUT2D eigenvalue weighted by atomic mass is 16.2. The van der Waals surface area contributed by atoms with E-state index in [0.717, 1.165) is 24.9 Å². The summed E-state index contributed by atoms with van der Waals surface area (Å²) in [5.74, 6) is 0.310.